The van der Waals surface area contributed by atoms with E-state index in [4.69, 9.17) is 9.47 Å². The van der Waals surface area contributed by atoms with E-state index in [2.05, 4.69) is 0 Å². The summed E-state index contributed by atoms with van der Waals surface area (Å²) in [5.74, 6) is 1.43. The molecule has 0 N–H and O–H groups in total. The van der Waals surface area contributed by atoms with E-state index >= 15 is 0 Å². The molecule has 0 radical (unpaired) electrons. The van der Waals surface area contributed by atoms with Crippen LogP contribution in [-0.4, -0.2) is 38.0 Å². The van der Waals surface area contributed by atoms with Gasteiger partial charge in [-0.25, -0.2) is 0 Å². The first-order valence-electron chi connectivity index (χ1n) is 6.04. The number of hydrogen-bond donors (Lipinski definition) is 0. The minimum atomic E-state index is -0.905. The van der Waals surface area contributed by atoms with Gasteiger partial charge in [-0.05, 0) is 25.2 Å². The van der Waals surface area contributed by atoms with E-state index < -0.39 is 14.9 Å². The van der Waals surface area contributed by atoms with Crippen LogP contribution in [0.3, 0.4) is 0 Å². The van der Waals surface area contributed by atoms with Crippen LogP contribution in [-0.2, 0) is 25.1 Å². The van der Waals surface area contributed by atoms with Gasteiger partial charge in [-0.2, -0.15) is 0 Å². The van der Waals surface area contributed by atoms with Crippen molar-refractivity contribution in [2.45, 2.75) is 43.0 Å². The maximum Gasteiger partial charge on any atom is 0.303 e. The van der Waals surface area contributed by atoms with Gasteiger partial charge < -0.3 is 9.47 Å². The summed E-state index contributed by atoms with van der Waals surface area (Å²) in [7, 11) is -0.905. The molecular formula is C12H18O4S2. The summed E-state index contributed by atoms with van der Waals surface area (Å²) in [4.78, 5) is 11.0. The van der Waals surface area contributed by atoms with Crippen molar-refractivity contribution in [3.05, 3.63) is 12.3 Å². The van der Waals surface area contributed by atoms with Crippen molar-refractivity contribution in [2.75, 3.05) is 11.5 Å². The average Bonchev–Trinajstić information content (AvgIpc) is 2.32. The lowest BCUT2D eigenvalue weighted by Crippen LogP contribution is -2.47. The van der Waals surface area contributed by atoms with Crippen molar-refractivity contribution < 1.29 is 18.5 Å². The molecule has 0 amide bonds. The van der Waals surface area contributed by atoms with E-state index in [0.717, 1.165) is 17.9 Å². The van der Waals surface area contributed by atoms with E-state index in [1.54, 1.807) is 24.1 Å². The van der Waals surface area contributed by atoms with E-state index in [1.807, 2.05) is 6.92 Å². The minimum Gasteiger partial charge on any atom is -0.496 e. The molecule has 2 heterocycles. The zero-order valence-electron chi connectivity index (χ0n) is 10.6. The second kappa shape index (κ2) is 5.65. The fraction of sp³-hybridized carbons (Fsp3) is 0.750. The zero-order chi connectivity index (χ0) is 13.2. The molecule has 6 heteroatoms. The summed E-state index contributed by atoms with van der Waals surface area (Å²) in [6, 6.07) is 0. The third kappa shape index (κ3) is 2.91. The fourth-order valence-corrected chi connectivity index (χ4v) is 5.68. The average molecular weight is 290 g/mol. The predicted molar refractivity (Wildman–Crippen MR) is 72.7 cm³/mol. The minimum absolute atomic E-state index is 0.169. The Bertz CT molecular complexity index is 382. The SMILES string of the molecule is CC(=O)O[C@H]1C=CO[C@@H]([C@@]2(C)SCCC[S@]2=O)C1. The molecule has 2 aliphatic rings. The molecule has 4 atom stereocenters. The summed E-state index contributed by atoms with van der Waals surface area (Å²) in [6.45, 7) is 3.38. The molecule has 0 spiro atoms. The summed E-state index contributed by atoms with van der Waals surface area (Å²) in [6.07, 6.45) is 4.43. The highest BCUT2D eigenvalue weighted by molar-refractivity contribution is 8.13. The van der Waals surface area contributed by atoms with E-state index in [0.29, 0.717) is 6.42 Å². The molecule has 0 aromatic heterocycles. The van der Waals surface area contributed by atoms with Gasteiger partial charge in [0.25, 0.3) is 0 Å². The van der Waals surface area contributed by atoms with Gasteiger partial charge in [0.1, 0.15) is 16.3 Å². The third-order valence-corrected chi connectivity index (χ3v) is 7.27. The molecule has 102 valence electrons. The molecule has 4 nitrogen and oxygen atoms in total. The number of thioether (sulfide) groups is 1. The van der Waals surface area contributed by atoms with Crippen LogP contribution in [0.5, 0.6) is 0 Å². The van der Waals surface area contributed by atoms with Crippen LogP contribution < -0.4 is 0 Å². The Kier molecular flexibility index (Phi) is 4.37. The van der Waals surface area contributed by atoms with Crippen LogP contribution >= 0.6 is 11.8 Å². The van der Waals surface area contributed by atoms with Crippen LogP contribution in [0, 0.1) is 0 Å². The van der Waals surface area contributed by atoms with E-state index in [-0.39, 0.29) is 18.2 Å². The quantitative estimate of drug-likeness (QED) is 0.726. The Morgan fingerprint density at radius 1 is 1.61 bits per heavy atom. The largest absolute Gasteiger partial charge is 0.496 e. The lowest BCUT2D eigenvalue weighted by atomic mass is 10.1. The van der Waals surface area contributed by atoms with Crippen molar-refractivity contribution in [3.63, 3.8) is 0 Å². The van der Waals surface area contributed by atoms with Gasteiger partial charge in [-0.3, -0.25) is 9.00 Å². The summed E-state index contributed by atoms with van der Waals surface area (Å²) in [5.41, 5.74) is 0. The lowest BCUT2D eigenvalue weighted by Gasteiger charge is -2.40. The molecule has 1 fully saturated rings. The summed E-state index contributed by atoms with van der Waals surface area (Å²) >= 11 is 1.70. The number of ether oxygens (including phenoxy) is 2. The Hall–Kier alpha value is -0.490. The highest BCUT2D eigenvalue weighted by Gasteiger charge is 2.45. The molecule has 0 aliphatic carbocycles. The summed E-state index contributed by atoms with van der Waals surface area (Å²) in [5, 5.41) is 0. The molecule has 0 aromatic rings. The fourth-order valence-electron chi connectivity index (χ4n) is 2.18. The van der Waals surface area contributed by atoms with Gasteiger partial charge in [0, 0.05) is 29.9 Å². The van der Waals surface area contributed by atoms with Crippen LogP contribution in [0.15, 0.2) is 12.3 Å². The van der Waals surface area contributed by atoms with Gasteiger partial charge in [0.05, 0.1) is 6.26 Å². The molecular weight excluding hydrogens is 272 g/mol. The van der Waals surface area contributed by atoms with Gasteiger partial charge in [0.15, 0.2) is 0 Å². The number of rotatable bonds is 2. The first kappa shape index (κ1) is 13.9. The maximum absolute atomic E-state index is 12.2. The molecule has 2 aliphatic heterocycles. The van der Waals surface area contributed by atoms with Gasteiger partial charge in [0.2, 0.25) is 0 Å². The van der Waals surface area contributed by atoms with Crippen LogP contribution in [0.2, 0.25) is 0 Å². The van der Waals surface area contributed by atoms with Gasteiger partial charge in [-0.1, -0.05) is 0 Å². The molecule has 2 rings (SSSR count). The van der Waals surface area contributed by atoms with Crippen molar-refractivity contribution in [2.24, 2.45) is 0 Å². The molecule has 0 unspecified atom stereocenters. The predicted octanol–water partition coefficient (Wildman–Crippen LogP) is 1.82. The van der Waals surface area contributed by atoms with Gasteiger partial charge >= 0.3 is 5.97 Å². The second-order valence-electron chi connectivity index (χ2n) is 4.60. The number of carbonyl (C=O) groups is 1. The maximum atomic E-state index is 12.2. The number of carbonyl (C=O) groups excluding carboxylic acids is 1. The van der Waals surface area contributed by atoms with Crippen LogP contribution in [0.25, 0.3) is 0 Å². The molecule has 0 aromatic carbocycles. The molecule has 18 heavy (non-hydrogen) atoms. The second-order valence-corrected chi connectivity index (χ2v) is 8.36. The summed E-state index contributed by atoms with van der Waals surface area (Å²) < 4.78 is 22.6. The molecule has 1 saturated heterocycles. The van der Waals surface area contributed by atoms with E-state index in [9.17, 15) is 9.00 Å². The molecule has 0 bridgehead atoms. The first-order valence-corrected chi connectivity index (χ1v) is 8.34. The Balaban J connectivity index is 2.07. The van der Waals surface area contributed by atoms with Crippen molar-refractivity contribution in [1.29, 1.82) is 0 Å². The topological polar surface area (TPSA) is 52.6 Å². The van der Waals surface area contributed by atoms with Crippen molar-refractivity contribution >= 4 is 28.5 Å². The first-order chi connectivity index (χ1) is 8.52. The highest BCUT2D eigenvalue weighted by Crippen LogP contribution is 2.41. The highest BCUT2D eigenvalue weighted by atomic mass is 32.2. The van der Waals surface area contributed by atoms with Gasteiger partial charge in [-0.15, -0.1) is 11.8 Å². The van der Waals surface area contributed by atoms with Crippen LogP contribution in [0.1, 0.15) is 26.7 Å². The monoisotopic (exact) mass is 290 g/mol. The third-order valence-electron chi connectivity index (χ3n) is 3.20. The number of hydrogen-bond acceptors (Lipinski definition) is 5. The smallest absolute Gasteiger partial charge is 0.303 e. The Morgan fingerprint density at radius 2 is 2.39 bits per heavy atom. The Morgan fingerprint density at radius 3 is 3.06 bits per heavy atom. The zero-order valence-corrected chi connectivity index (χ0v) is 12.2. The standard InChI is InChI=1S/C12H18O4S2/c1-9(13)16-10-4-5-15-11(8-10)12(2)17-6-3-7-18(12)14/h4-5,10-11H,3,6-8H2,1-2H3/t10-,11+,12-,18+/m0/s1. The van der Waals surface area contributed by atoms with Crippen molar-refractivity contribution in [1.82, 2.24) is 0 Å². The number of esters is 1. The van der Waals surface area contributed by atoms with Crippen molar-refractivity contribution in [3.8, 4) is 0 Å². The lowest BCUT2D eigenvalue weighted by molar-refractivity contribution is -0.146. The normalized spacial score (nSPS) is 40.0. The molecule has 0 saturated carbocycles. The Labute approximate surface area is 114 Å². The van der Waals surface area contributed by atoms with E-state index in [1.165, 1.54) is 6.92 Å². The van der Waals surface area contributed by atoms with Crippen LogP contribution in [0.4, 0.5) is 0 Å².